The summed E-state index contributed by atoms with van der Waals surface area (Å²) >= 11 is 0. The zero-order valence-electron chi connectivity index (χ0n) is 12.6. The zero-order valence-corrected chi connectivity index (χ0v) is 12.6. The lowest BCUT2D eigenvalue weighted by Crippen LogP contribution is -2.39. The van der Waals surface area contributed by atoms with Crippen molar-refractivity contribution < 1.29 is 4.79 Å². The van der Waals surface area contributed by atoms with Crippen molar-refractivity contribution in [3.8, 4) is 0 Å². The Morgan fingerprint density at radius 3 is 2.50 bits per heavy atom. The molecule has 0 saturated heterocycles. The van der Waals surface area contributed by atoms with Gasteiger partial charge in [0.15, 0.2) is 0 Å². The van der Waals surface area contributed by atoms with Gasteiger partial charge in [-0.15, -0.1) is 0 Å². The van der Waals surface area contributed by atoms with Crippen molar-refractivity contribution in [2.24, 2.45) is 0 Å². The number of aryl methyl sites for hydroxylation is 1. The SMILES string of the molecule is CCC(NC(=O)CNC1CCCC1)c1ccc(C)cc1. The summed E-state index contributed by atoms with van der Waals surface area (Å²) in [6.07, 6.45) is 5.92. The number of hydrogen-bond acceptors (Lipinski definition) is 2. The minimum absolute atomic E-state index is 0.101. The number of nitrogens with one attached hydrogen (secondary N) is 2. The molecule has 1 aromatic carbocycles. The number of carbonyl (C=O) groups is 1. The van der Waals surface area contributed by atoms with Gasteiger partial charge in [-0.25, -0.2) is 0 Å². The molecule has 0 aliphatic heterocycles. The Labute approximate surface area is 122 Å². The molecule has 3 heteroatoms. The van der Waals surface area contributed by atoms with Crippen LogP contribution in [0.3, 0.4) is 0 Å². The van der Waals surface area contributed by atoms with E-state index in [1.807, 2.05) is 0 Å². The normalized spacial score (nSPS) is 17.1. The van der Waals surface area contributed by atoms with E-state index in [1.54, 1.807) is 0 Å². The molecule has 1 saturated carbocycles. The van der Waals surface area contributed by atoms with Crippen molar-refractivity contribution in [1.29, 1.82) is 0 Å². The van der Waals surface area contributed by atoms with Crippen molar-refractivity contribution in [3.63, 3.8) is 0 Å². The molecule has 1 atom stereocenters. The molecule has 1 fully saturated rings. The first-order valence-corrected chi connectivity index (χ1v) is 7.78. The molecule has 1 aromatic rings. The maximum Gasteiger partial charge on any atom is 0.234 e. The fraction of sp³-hybridized carbons (Fsp3) is 0.588. The lowest BCUT2D eigenvalue weighted by Gasteiger charge is -2.19. The summed E-state index contributed by atoms with van der Waals surface area (Å²) in [5.41, 5.74) is 2.44. The molecule has 0 radical (unpaired) electrons. The van der Waals surface area contributed by atoms with Gasteiger partial charge in [0.1, 0.15) is 0 Å². The number of hydrogen-bond donors (Lipinski definition) is 2. The standard InChI is InChI=1S/C17H26N2O/c1-3-16(14-10-8-13(2)9-11-14)19-17(20)12-18-15-6-4-5-7-15/h8-11,15-16,18H,3-7,12H2,1-2H3,(H,19,20). The third-order valence-electron chi connectivity index (χ3n) is 4.13. The van der Waals surface area contributed by atoms with Crippen LogP contribution in [0.4, 0.5) is 0 Å². The van der Waals surface area contributed by atoms with Gasteiger partial charge in [0.05, 0.1) is 12.6 Å². The number of carbonyl (C=O) groups excluding carboxylic acids is 1. The minimum Gasteiger partial charge on any atom is -0.348 e. The molecule has 1 unspecified atom stereocenters. The molecular formula is C17H26N2O. The largest absolute Gasteiger partial charge is 0.348 e. The van der Waals surface area contributed by atoms with Crippen LogP contribution in [0.5, 0.6) is 0 Å². The van der Waals surface area contributed by atoms with E-state index in [4.69, 9.17) is 0 Å². The van der Waals surface area contributed by atoms with Gasteiger partial charge in [0.2, 0.25) is 5.91 Å². The molecule has 2 rings (SSSR count). The van der Waals surface area contributed by atoms with Crippen LogP contribution in [0.15, 0.2) is 24.3 Å². The molecule has 0 spiro atoms. The van der Waals surface area contributed by atoms with Gasteiger partial charge in [-0.3, -0.25) is 4.79 Å². The fourth-order valence-electron chi connectivity index (χ4n) is 2.83. The van der Waals surface area contributed by atoms with Crippen LogP contribution in [0.1, 0.15) is 56.2 Å². The highest BCUT2D eigenvalue weighted by molar-refractivity contribution is 5.78. The average molecular weight is 274 g/mol. The van der Waals surface area contributed by atoms with Gasteiger partial charge < -0.3 is 10.6 Å². The second-order valence-corrected chi connectivity index (χ2v) is 5.80. The zero-order chi connectivity index (χ0) is 14.4. The maximum absolute atomic E-state index is 12.0. The number of amides is 1. The highest BCUT2D eigenvalue weighted by Crippen LogP contribution is 2.18. The van der Waals surface area contributed by atoms with Gasteiger partial charge in [-0.1, -0.05) is 49.6 Å². The Bertz CT molecular complexity index is 421. The van der Waals surface area contributed by atoms with Crippen molar-refractivity contribution >= 4 is 5.91 Å². The molecule has 1 amide bonds. The van der Waals surface area contributed by atoms with E-state index in [2.05, 4.69) is 48.7 Å². The summed E-state index contributed by atoms with van der Waals surface area (Å²) < 4.78 is 0. The first kappa shape index (κ1) is 15.0. The average Bonchev–Trinajstić information content (AvgIpc) is 2.97. The van der Waals surface area contributed by atoms with Crippen molar-refractivity contribution in [2.45, 2.75) is 58.0 Å². The van der Waals surface area contributed by atoms with Crippen molar-refractivity contribution in [3.05, 3.63) is 35.4 Å². The van der Waals surface area contributed by atoms with Gasteiger partial charge in [0.25, 0.3) is 0 Å². The van der Waals surface area contributed by atoms with E-state index in [0.29, 0.717) is 12.6 Å². The molecule has 1 aliphatic rings. The minimum atomic E-state index is 0.101. The third kappa shape index (κ3) is 4.34. The predicted molar refractivity (Wildman–Crippen MR) is 82.6 cm³/mol. The van der Waals surface area contributed by atoms with E-state index in [9.17, 15) is 4.79 Å². The lowest BCUT2D eigenvalue weighted by atomic mass is 10.0. The van der Waals surface area contributed by atoms with E-state index < -0.39 is 0 Å². The fourth-order valence-corrected chi connectivity index (χ4v) is 2.83. The van der Waals surface area contributed by atoms with E-state index in [-0.39, 0.29) is 11.9 Å². The van der Waals surface area contributed by atoms with Gasteiger partial charge >= 0.3 is 0 Å². The molecule has 0 aromatic heterocycles. The van der Waals surface area contributed by atoms with Gasteiger partial charge in [-0.2, -0.15) is 0 Å². The monoisotopic (exact) mass is 274 g/mol. The van der Waals surface area contributed by atoms with Crippen molar-refractivity contribution in [1.82, 2.24) is 10.6 Å². The Hall–Kier alpha value is -1.35. The maximum atomic E-state index is 12.0. The van der Waals surface area contributed by atoms with Crippen LogP contribution in [0.25, 0.3) is 0 Å². The lowest BCUT2D eigenvalue weighted by molar-refractivity contribution is -0.121. The third-order valence-corrected chi connectivity index (χ3v) is 4.13. The van der Waals surface area contributed by atoms with Crippen LogP contribution in [-0.2, 0) is 4.79 Å². The first-order chi connectivity index (χ1) is 9.69. The Balaban J connectivity index is 1.82. The van der Waals surface area contributed by atoms with E-state index in [0.717, 1.165) is 6.42 Å². The number of benzene rings is 1. The molecule has 3 nitrogen and oxygen atoms in total. The molecule has 110 valence electrons. The Kier molecular flexibility index (Phi) is 5.60. The summed E-state index contributed by atoms with van der Waals surface area (Å²) in [5, 5.41) is 6.48. The Morgan fingerprint density at radius 1 is 1.25 bits per heavy atom. The topological polar surface area (TPSA) is 41.1 Å². The molecular weight excluding hydrogens is 248 g/mol. The second kappa shape index (κ2) is 7.44. The predicted octanol–water partition coefficient (Wildman–Crippen LogP) is 3.09. The smallest absolute Gasteiger partial charge is 0.234 e. The summed E-state index contributed by atoms with van der Waals surface area (Å²) in [6, 6.07) is 9.07. The molecule has 0 bridgehead atoms. The molecule has 2 N–H and O–H groups in total. The summed E-state index contributed by atoms with van der Waals surface area (Å²) in [7, 11) is 0. The molecule has 1 aliphatic carbocycles. The number of rotatable bonds is 6. The summed E-state index contributed by atoms with van der Waals surface area (Å²) in [5.74, 6) is 0.101. The second-order valence-electron chi connectivity index (χ2n) is 5.80. The van der Waals surface area contributed by atoms with Crippen molar-refractivity contribution in [2.75, 3.05) is 6.54 Å². The Morgan fingerprint density at radius 2 is 1.90 bits per heavy atom. The summed E-state index contributed by atoms with van der Waals surface area (Å²) in [4.78, 5) is 12.0. The van der Waals surface area contributed by atoms with Crippen LogP contribution >= 0.6 is 0 Å². The van der Waals surface area contributed by atoms with E-state index >= 15 is 0 Å². The molecule has 0 heterocycles. The summed E-state index contributed by atoms with van der Waals surface area (Å²) in [6.45, 7) is 4.62. The quantitative estimate of drug-likeness (QED) is 0.837. The van der Waals surface area contributed by atoms with E-state index in [1.165, 1.54) is 36.8 Å². The highest BCUT2D eigenvalue weighted by Gasteiger charge is 2.17. The van der Waals surface area contributed by atoms with Crippen LogP contribution in [-0.4, -0.2) is 18.5 Å². The molecule has 20 heavy (non-hydrogen) atoms. The van der Waals surface area contributed by atoms with Gasteiger partial charge in [-0.05, 0) is 31.7 Å². The van der Waals surface area contributed by atoms with Gasteiger partial charge in [0, 0.05) is 6.04 Å². The van der Waals surface area contributed by atoms with Crippen LogP contribution in [0.2, 0.25) is 0 Å². The first-order valence-electron chi connectivity index (χ1n) is 7.78. The van der Waals surface area contributed by atoms with Crippen LogP contribution < -0.4 is 10.6 Å². The van der Waals surface area contributed by atoms with Crippen LogP contribution in [0, 0.1) is 6.92 Å². The highest BCUT2D eigenvalue weighted by atomic mass is 16.1.